The maximum Gasteiger partial charge on any atom is 0.241 e. The van der Waals surface area contributed by atoms with Gasteiger partial charge in [0.05, 0.1) is 11.5 Å². The van der Waals surface area contributed by atoms with Crippen LogP contribution in [0.25, 0.3) is 0 Å². The van der Waals surface area contributed by atoms with Gasteiger partial charge in [0.25, 0.3) is 0 Å². The van der Waals surface area contributed by atoms with Crippen molar-refractivity contribution >= 4 is 10.0 Å². The molecule has 0 amide bonds. The fraction of sp³-hybridized carbons (Fsp3) is 0.647. The number of nitrogens with one attached hydrogen (secondary N) is 1. The molecule has 0 aromatic heterocycles. The van der Waals surface area contributed by atoms with Gasteiger partial charge in [0.15, 0.2) is 0 Å². The second kappa shape index (κ2) is 8.29. The molecule has 2 rings (SSSR count). The van der Waals surface area contributed by atoms with E-state index < -0.39 is 15.6 Å². The van der Waals surface area contributed by atoms with Gasteiger partial charge in [0.1, 0.15) is 12.4 Å². The number of nitrogens with two attached hydrogens (primary N) is 1. The van der Waals surface area contributed by atoms with Crippen LogP contribution < -0.4 is 15.2 Å². The van der Waals surface area contributed by atoms with Gasteiger partial charge < -0.3 is 15.2 Å². The van der Waals surface area contributed by atoms with Gasteiger partial charge in [-0.15, -0.1) is 0 Å². The van der Waals surface area contributed by atoms with Crippen LogP contribution in [0.2, 0.25) is 0 Å². The van der Waals surface area contributed by atoms with Crippen molar-refractivity contribution in [3.05, 3.63) is 24.3 Å². The summed E-state index contributed by atoms with van der Waals surface area (Å²) in [6.45, 7) is 3.29. The first-order valence-corrected chi connectivity index (χ1v) is 9.88. The van der Waals surface area contributed by atoms with Crippen LogP contribution in [-0.4, -0.2) is 40.8 Å². The van der Waals surface area contributed by atoms with Crippen molar-refractivity contribution < 1.29 is 17.9 Å². The molecule has 2 unspecified atom stereocenters. The molecule has 24 heavy (non-hydrogen) atoms. The van der Waals surface area contributed by atoms with Gasteiger partial charge in [-0.05, 0) is 43.0 Å². The molecule has 1 aromatic carbocycles. The molecule has 2 atom stereocenters. The Hall–Kier alpha value is -1.15. The van der Waals surface area contributed by atoms with E-state index >= 15 is 0 Å². The summed E-state index contributed by atoms with van der Waals surface area (Å²) in [7, 11) is -2.01. The SMILES string of the molecule is COCCOc1ccc(S(=O)(=O)NC2(CN)CCCCC2C)cc1. The number of hydrogen-bond donors (Lipinski definition) is 2. The molecule has 0 bridgehead atoms. The zero-order chi connectivity index (χ0) is 17.6. The molecule has 1 aromatic rings. The Balaban J connectivity index is 2.11. The Labute approximate surface area is 144 Å². The van der Waals surface area contributed by atoms with Gasteiger partial charge in [-0.25, -0.2) is 13.1 Å². The summed E-state index contributed by atoms with van der Waals surface area (Å²) < 4.78 is 38.8. The molecular formula is C17H28N2O4S. The lowest BCUT2D eigenvalue weighted by Gasteiger charge is -2.42. The van der Waals surface area contributed by atoms with E-state index in [4.69, 9.17) is 15.2 Å². The molecule has 0 heterocycles. The van der Waals surface area contributed by atoms with Crippen LogP contribution in [0.5, 0.6) is 5.75 Å². The first kappa shape index (κ1) is 19.2. The van der Waals surface area contributed by atoms with Crippen LogP contribution >= 0.6 is 0 Å². The van der Waals surface area contributed by atoms with E-state index in [1.54, 1.807) is 31.4 Å². The summed E-state index contributed by atoms with van der Waals surface area (Å²) in [6.07, 6.45) is 3.89. The molecule has 1 aliphatic carbocycles. The number of sulfonamides is 1. The quantitative estimate of drug-likeness (QED) is 0.694. The molecule has 1 saturated carbocycles. The summed E-state index contributed by atoms with van der Waals surface area (Å²) in [5, 5.41) is 0. The van der Waals surface area contributed by atoms with Crippen molar-refractivity contribution in [2.75, 3.05) is 26.9 Å². The first-order valence-electron chi connectivity index (χ1n) is 8.39. The summed E-state index contributed by atoms with van der Waals surface area (Å²) in [6, 6.07) is 6.43. The van der Waals surface area contributed by atoms with E-state index in [9.17, 15) is 8.42 Å². The predicted molar refractivity (Wildman–Crippen MR) is 93.6 cm³/mol. The molecular weight excluding hydrogens is 328 g/mol. The minimum atomic E-state index is -3.62. The lowest BCUT2D eigenvalue weighted by Crippen LogP contribution is -2.58. The highest BCUT2D eigenvalue weighted by Crippen LogP contribution is 2.34. The fourth-order valence-electron chi connectivity index (χ4n) is 3.19. The van der Waals surface area contributed by atoms with Gasteiger partial charge in [-0.1, -0.05) is 19.8 Å². The van der Waals surface area contributed by atoms with Crippen LogP contribution in [0.4, 0.5) is 0 Å². The molecule has 1 fully saturated rings. The largest absolute Gasteiger partial charge is 0.491 e. The molecule has 6 nitrogen and oxygen atoms in total. The monoisotopic (exact) mass is 356 g/mol. The van der Waals surface area contributed by atoms with Gasteiger partial charge >= 0.3 is 0 Å². The normalized spacial score (nSPS) is 24.7. The summed E-state index contributed by atoms with van der Waals surface area (Å²) in [4.78, 5) is 0.229. The number of hydrogen-bond acceptors (Lipinski definition) is 5. The molecule has 0 spiro atoms. The highest BCUT2D eigenvalue weighted by Gasteiger charge is 2.40. The molecule has 7 heteroatoms. The van der Waals surface area contributed by atoms with Crippen molar-refractivity contribution in [1.29, 1.82) is 0 Å². The zero-order valence-corrected chi connectivity index (χ0v) is 15.3. The predicted octanol–water partition coefficient (Wildman–Crippen LogP) is 1.90. The maximum absolute atomic E-state index is 12.8. The van der Waals surface area contributed by atoms with E-state index in [2.05, 4.69) is 11.6 Å². The Morgan fingerprint density at radius 3 is 2.54 bits per heavy atom. The van der Waals surface area contributed by atoms with E-state index in [0.717, 1.165) is 25.7 Å². The Morgan fingerprint density at radius 2 is 1.96 bits per heavy atom. The van der Waals surface area contributed by atoms with E-state index in [-0.39, 0.29) is 10.8 Å². The summed E-state index contributed by atoms with van der Waals surface area (Å²) in [5.41, 5.74) is 5.40. The third-order valence-corrected chi connectivity index (χ3v) is 6.41. The van der Waals surface area contributed by atoms with Crippen LogP contribution in [0, 0.1) is 5.92 Å². The minimum absolute atomic E-state index is 0.225. The van der Waals surface area contributed by atoms with Crippen molar-refractivity contribution in [2.24, 2.45) is 11.7 Å². The second-order valence-electron chi connectivity index (χ2n) is 6.43. The topological polar surface area (TPSA) is 90.6 Å². The summed E-state index contributed by atoms with van der Waals surface area (Å²) in [5.74, 6) is 0.841. The smallest absolute Gasteiger partial charge is 0.241 e. The maximum atomic E-state index is 12.8. The highest BCUT2D eigenvalue weighted by molar-refractivity contribution is 7.89. The number of ether oxygens (including phenoxy) is 2. The van der Waals surface area contributed by atoms with Gasteiger partial charge in [0, 0.05) is 19.2 Å². The van der Waals surface area contributed by atoms with Crippen molar-refractivity contribution in [3.63, 3.8) is 0 Å². The molecule has 0 saturated heterocycles. The Kier molecular flexibility index (Phi) is 6.62. The Bertz CT molecular complexity index is 618. The van der Waals surface area contributed by atoms with Crippen LogP contribution in [0.1, 0.15) is 32.6 Å². The standard InChI is InChI=1S/C17H28N2O4S/c1-14-5-3-4-10-17(14,13-18)19-24(20,21)16-8-6-15(7-9-16)23-12-11-22-2/h6-9,14,19H,3-5,10-13,18H2,1-2H3. The average Bonchev–Trinajstić information content (AvgIpc) is 2.57. The fourth-order valence-corrected chi connectivity index (χ4v) is 4.73. The van der Waals surface area contributed by atoms with Crippen molar-refractivity contribution in [2.45, 2.75) is 43.0 Å². The van der Waals surface area contributed by atoms with E-state index in [1.165, 1.54) is 0 Å². The number of benzene rings is 1. The van der Waals surface area contributed by atoms with Gasteiger partial charge in [-0.3, -0.25) is 0 Å². The van der Waals surface area contributed by atoms with Crippen LogP contribution in [0.15, 0.2) is 29.2 Å². The minimum Gasteiger partial charge on any atom is -0.491 e. The molecule has 136 valence electrons. The van der Waals surface area contributed by atoms with E-state index in [1.807, 2.05) is 0 Å². The van der Waals surface area contributed by atoms with Crippen molar-refractivity contribution in [3.8, 4) is 5.75 Å². The highest BCUT2D eigenvalue weighted by atomic mass is 32.2. The Morgan fingerprint density at radius 1 is 1.25 bits per heavy atom. The summed E-state index contributed by atoms with van der Waals surface area (Å²) >= 11 is 0. The average molecular weight is 356 g/mol. The van der Waals surface area contributed by atoms with Crippen LogP contribution in [-0.2, 0) is 14.8 Å². The molecule has 0 aliphatic heterocycles. The first-order chi connectivity index (χ1) is 11.4. The third kappa shape index (κ3) is 4.47. The molecule has 0 radical (unpaired) electrons. The lowest BCUT2D eigenvalue weighted by atomic mass is 9.74. The van der Waals surface area contributed by atoms with Gasteiger partial charge in [-0.2, -0.15) is 0 Å². The second-order valence-corrected chi connectivity index (χ2v) is 8.11. The van der Waals surface area contributed by atoms with E-state index in [0.29, 0.717) is 25.5 Å². The number of rotatable bonds is 8. The zero-order valence-electron chi connectivity index (χ0n) is 14.5. The number of methoxy groups -OCH3 is 1. The molecule has 3 N–H and O–H groups in total. The van der Waals surface area contributed by atoms with Gasteiger partial charge in [0.2, 0.25) is 10.0 Å². The third-order valence-electron chi connectivity index (χ3n) is 4.85. The van der Waals surface area contributed by atoms with Crippen molar-refractivity contribution in [1.82, 2.24) is 4.72 Å². The van der Waals surface area contributed by atoms with Crippen LogP contribution in [0.3, 0.4) is 0 Å². The molecule has 1 aliphatic rings. The lowest BCUT2D eigenvalue weighted by molar-refractivity contribution is 0.146.